The van der Waals surface area contributed by atoms with E-state index in [0.717, 1.165) is 11.4 Å². The molecule has 0 radical (unpaired) electrons. The minimum Gasteiger partial charge on any atom is -0.396 e. The van der Waals surface area contributed by atoms with Crippen LogP contribution in [-0.4, -0.2) is 37.9 Å². The van der Waals surface area contributed by atoms with Crippen LogP contribution in [0.3, 0.4) is 0 Å². The Labute approximate surface area is 114 Å². The summed E-state index contributed by atoms with van der Waals surface area (Å²) < 4.78 is 4.74. The zero-order valence-electron chi connectivity index (χ0n) is 11.7. The van der Waals surface area contributed by atoms with Gasteiger partial charge in [0.2, 0.25) is 5.91 Å². The minimum absolute atomic E-state index is 0.0463. The Balaban J connectivity index is 2.50. The number of hydrogen-bond acceptors (Lipinski definition) is 4. The van der Waals surface area contributed by atoms with Gasteiger partial charge in [0.15, 0.2) is 0 Å². The van der Waals surface area contributed by atoms with Crippen molar-refractivity contribution in [3.8, 4) is 0 Å². The molecule has 0 aliphatic heterocycles. The van der Waals surface area contributed by atoms with Gasteiger partial charge in [0.05, 0.1) is 0 Å². The van der Waals surface area contributed by atoms with Crippen molar-refractivity contribution in [1.29, 1.82) is 0 Å². The van der Waals surface area contributed by atoms with Crippen molar-refractivity contribution in [2.24, 2.45) is 5.41 Å². The van der Waals surface area contributed by atoms with Crippen molar-refractivity contribution in [3.05, 3.63) is 24.3 Å². The largest absolute Gasteiger partial charge is 0.396 e. The van der Waals surface area contributed by atoms with E-state index in [1.54, 1.807) is 0 Å². The normalized spacial score (nSPS) is 11.2. The fourth-order valence-corrected chi connectivity index (χ4v) is 1.40. The van der Waals surface area contributed by atoms with Crippen LogP contribution in [0.15, 0.2) is 24.3 Å². The Morgan fingerprint density at radius 1 is 1.26 bits per heavy atom. The number of anilines is 2. The molecule has 106 valence electrons. The summed E-state index contributed by atoms with van der Waals surface area (Å²) in [6.07, 6.45) is 0. The summed E-state index contributed by atoms with van der Waals surface area (Å²) in [5.41, 5.74) is 1.52. The molecule has 0 bridgehead atoms. The zero-order chi connectivity index (χ0) is 14.3. The highest BCUT2D eigenvalue weighted by Crippen LogP contribution is 2.17. The molecule has 3 N–H and O–H groups in total. The lowest BCUT2D eigenvalue weighted by Crippen LogP contribution is -2.26. The summed E-state index contributed by atoms with van der Waals surface area (Å²) in [5.74, 6) is -0.176. The third kappa shape index (κ3) is 5.72. The molecule has 1 aromatic carbocycles. The van der Waals surface area contributed by atoms with E-state index in [2.05, 4.69) is 10.6 Å². The van der Waals surface area contributed by atoms with E-state index in [9.17, 15) is 4.79 Å². The van der Waals surface area contributed by atoms with Crippen LogP contribution in [-0.2, 0) is 9.53 Å². The van der Waals surface area contributed by atoms with E-state index in [0.29, 0.717) is 6.54 Å². The molecule has 0 saturated carbocycles. The quantitative estimate of drug-likeness (QED) is 0.702. The molecule has 1 rings (SSSR count). The Hall–Kier alpha value is -1.59. The van der Waals surface area contributed by atoms with E-state index in [4.69, 9.17) is 9.84 Å². The Kier molecular flexibility index (Phi) is 5.79. The molecule has 0 unspecified atom stereocenters. The number of carbonyl (C=O) groups excluding carboxylic acids is 1. The van der Waals surface area contributed by atoms with E-state index in [1.807, 2.05) is 38.1 Å². The van der Waals surface area contributed by atoms with Crippen LogP contribution in [0.5, 0.6) is 0 Å². The molecule has 0 saturated heterocycles. The molecule has 5 nitrogen and oxygen atoms in total. The monoisotopic (exact) mass is 266 g/mol. The Morgan fingerprint density at radius 2 is 1.84 bits per heavy atom. The lowest BCUT2D eigenvalue weighted by atomic mass is 9.95. The maximum Gasteiger partial charge on any atom is 0.250 e. The number of nitrogens with one attached hydrogen (secondary N) is 2. The molecule has 0 aromatic heterocycles. The van der Waals surface area contributed by atoms with Crippen molar-refractivity contribution in [2.45, 2.75) is 13.8 Å². The third-order valence-electron chi connectivity index (χ3n) is 2.64. The smallest absolute Gasteiger partial charge is 0.250 e. The van der Waals surface area contributed by atoms with Gasteiger partial charge in [-0.1, -0.05) is 13.8 Å². The molecular formula is C14H22N2O3. The average molecular weight is 266 g/mol. The first kappa shape index (κ1) is 15.5. The van der Waals surface area contributed by atoms with Crippen molar-refractivity contribution in [3.63, 3.8) is 0 Å². The topological polar surface area (TPSA) is 70.6 Å². The first-order valence-corrected chi connectivity index (χ1v) is 6.20. The van der Waals surface area contributed by atoms with Gasteiger partial charge in [-0.15, -0.1) is 0 Å². The van der Waals surface area contributed by atoms with Crippen LogP contribution in [0.2, 0.25) is 0 Å². The molecule has 0 heterocycles. The van der Waals surface area contributed by atoms with Crippen molar-refractivity contribution in [1.82, 2.24) is 0 Å². The highest BCUT2D eigenvalue weighted by Gasteiger charge is 2.15. The first-order chi connectivity index (χ1) is 8.96. The highest BCUT2D eigenvalue weighted by atomic mass is 16.5. The highest BCUT2D eigenvalue weighted by molar-refractivity contribution is 5.91. The van der Waals surface area contributed by atoms with Crippen LogP contribution in [0.1, 0.15) is 13.8 Å². The second-order valence-electron chi connectivity index (χ2n) is 5.23. The lowest BCUT2D eigenvalue weighted by molar-refractivity contribution is -0.119. The number of hydrogen-bond donors (Lipinski definition) is 3. The fourth-order valence-electron chi connectivity index (χ4n) is 1.40. The van der Waals surface area contributed by atoms with Gasteiger partial charge >= 0.3 is 0 Å². The summed E-state index contributed by atoms with van der Waals surface area (Å²) in [7, 11) is 1.48. The molecule has 1 amide bonds. The summed E-state index contributed by atoms with van der Waals surface area (Å²) in [4.78, 5) is 11.3. The number of ether oxygens (including phenoxy) is 1. The summed E-state index contributed by atoms with van der Waals surface area (Å²) in [5, 5.41) is 15.1. The molecule has 0 atom stereocenters. The number of aliphatic hydroxyl groups is 1. The SMILES string of the molecule is COCC(=O)Nc1ccc(NCC(C)(C)CO)cc1. The van der Waals surface area contributed by atoms with Gasteiger partial charge in [-0.3, -0.25) is 4.79 Å². The van der Waals surface area contributed by atoms with Crippen LogP contribution in [0, 0.1) is 5.41 Å². The number of amides is 1. The van der Waals surface area contributed by atoms with Gasteiger partial charge in [-0.2, -0.15) is 0 Å². The molecule has 1 aromatic rings. The predicted octanol–water partition coefficient (Wildman–Crippen LogP) is 1.70. The van der Waals surface area contributed by atoms with Crippen LogP contribution >= 0.6 is 0 Å². The molecule has 0 aliphatic rings. The number of methoxy groups -OCH3 is 1. The Morgan fingerprint density at radius 3 is 2.37 bits per heavy atom. The van der Waals surface area contributed by atoms with Crippen LogP contribution in [0.25, 0.3) is 0 Å². The van der Waals surface area contributed by atoms with E-state index >= 15 is 0 Å². The van der Waals surface area contributed by atoms with E-state index in [-0.39, 0.29) is 24.5 Å². The van der Waals surface area contributed by atoms with Gasteiger partial charge in [-0.05, 0) is 24.3 Å². The fraction of sp³-hybridized carbons (Fsp3) is 0.500. The Bertz CT molecular complexity index is 402. The van der Waals surface area contributed by atoms with Gasteiger partial charge in [-0.25, -0.2) is 0 Å². The number of benzene rings is 1. The zero-order valence-corrected chi connectivity index (χ0v) is 11.7. The first-order valence-electron chi connectivity index (χ1n) is 6.20. The van der Waals surface area contributed by atoms with E-state index < -0.39 is 0 Å². The average Bonchev–Trinajstić information content (AvgIpc) is 2.38. The number of aliphatic hydroxyl groups excluding tert-OH is 1. The molecule has 0 spiro atoms. The van der Waals surface area contributed by atoms with Gasteiger partial charge in [0, 0.05) is 37.1 Å². The molecular weight excluding hydrogens is 244 g/mol. The van der Waals surface area contributed by atoms with Gasteiger partial charge in [0.25, 0.3) is 0 Å². The van der Waals surface area contributed by atoms with Crippen molar-refractivity contribution >= 4 is 17.3 Å². The van der Waals surface area contributed by atoms with Crippen LogP contribution in [0.4, 0.5) is 11.4 Å². The number of rotatable bonds is 7. The predicted molar refractivity (Wildman–Crippen MR) is 76.3 cm³/mol. The summed E-state index contributed by atoms with van der Waals surface area (Å²) in [6, 6.07) is 7.41. The second-order valence-corrected chi connectivity index (χ2v) is 5.23. The summed E-state index contributed by atoms with van der Waals surface area (Å²) >= 11 is 0. The van der Waals surface area contributed by atoms with Gasteiger partial charge < -0.3 is 20.5 Å². The molecule has 0 aliphatic carbocycles. The minimum atomic E-state index is -0.176. The van der Waals surface area contributed by atoms with Crippen molar-refractivity contribution < 1.29 is 14.6 Å². The summed E-state index contributed by atoms with van der Waals surface area (Å²) in [6.45, 7) is 4.83. The third-order valence-corrected chi connectivity index (χ3v) is 2.64. The van der Waals surface area contributed by atoms with E-state index in [1.165, 1.54) is 7.11 Å². The number of carbonyl (C=O) groups is 1. The molecule has 0 fully saturated rings. The molecule has 19 heavy (non-hydrogen) atoms. The lowest BCUT2D eigenvalue weighted by Gasteiger charge is -2.22. The standard InChI is InChI=1S/C14H22N2O3/c1-14(2,10-17)9-15-11-4-6-12(7-5-11)16-13(18)8-19-3/h4-7,15,17H,8-10H2,1-3H3,(H,16,18). The second kappa shape index (κ2) is 7.11. The van der Waals surface area contributed by atoms with Crippen LogP contribution < -0.4 is 10.6 Å². The maximum absolute atomic E-state index is 11.3. The van der Waals surface area contributed by atoms with Crippen molar-refractivity contribution in [2.75, 3.05) is 37.5 Å². The maximum atomic E-state index is 11.3. The molecule has 5 heteroatoms. The van der Waals surface area contributed by atoms with Gasteiger partial charge in [0.1, 0.15) is 6.61 Å².